The summed E-state index contributed by atoms with van der Waals surface area (Å²) < 4.78 is 16.0. The zero-order valence-electron chi connectivity index (χ0n) is 10.9. The quantitative estimate of drug-likeness (QED) is 0.708. The average Bonchev–Trinajstić information content (AvgIpc) is 2.36. The number of allylic oxidation sites excluding steroid dienone is 1. The van der Waals surface area contributed by atoms with E-state index < -0.39 is 0 Å². The molecule has 0 amide bonds. The van der Waals surface area contributed by atoms with Gasteiger partial charge in [-0.05, 0) is 18.9 Å². The molecule has 1 rings (SSSR count). The van der Waals surface area contributed by atoms with Crippen LogP contribution >= 0.6 is 0 Å². The van der Waals surface area contributed by atoms with Gasteiger partial charge in [-0.1, -0.05) is 13.0 Å². The van der Waals surface area contributed by atoms with Gasteiger partial charge in [-0.3, -0.25) is 0 Å². The van der Waals surface area contributed by atoms with E-state index in [1.54, 1.807) is 14.2 Å². The highest BCUT2D eigenvalue weighted by molar-refractivity contribution is 5.42. The molecule has 0 aliphatic carbocycles. The minimum atomic E-state index is 0.587. The van der Waals surface area contributed by atoms with E-state index in [9.17, 15) is 0 Å². The minimum Gasteiger partial charge on any atom is -0.496 e. The van der Waals surface area contributed by atoms with E-state index in [1.165, 1.54) is 5.57 Å². The SMILES string of the molecule is CCC=C(C)COc1cc(OC)cc(OC)c1. The lowest BCUT2D eigenvalue weighted by Gasteiger charge is -2.10. The van der Waals surface area contributed by atoms with Gasteiger partial charge in [0.25, 0.3) is 0 Å². The molecule has 0 unspecified atom stereocenters. The highest BCUT2D eigenvalue weighted by atomic mass is 16.5. The van der Waals surface area contributed by atoms with Gasteiger partial charge in [0.15, 0.2) is 0 Å². The van der Waals surface area contributed by atoms with Crippen molar-refractivity contribution in [1.82, 2.24) is 0 Å². The molecule has 0 aliphatic rings. The van der Waals surface area contributed by atoms with E-state index >= 15 is 0 Å². The number of hydrogen-bond donors (Lipinski definition) is 0. The van der Waals surface area contributed by atoms with Gasteiger partial charge in [0.2, 0.25) is 0 Å². The molecule has 0 heterocycles. The maximum absolute atomic E-state index is 5.68. The van der Waals surface area contributed by atoms with Gasteiger partial charge in [0, 0.05) is 18.2 Å². The molecule has 1 aromatic carbocycles. The largest absolute Gasteiger partial charge is 0.496 e. The molecule has 0 radical (unpaired) electrons. The second kappa shape index (κ2) is 6.84. The Hall–Kier alpha value is -1.64. The maximum Gasteiger partial charge on any atom is 0.127 e. The van der Waals surface area contributed by atoms with Crippen LogP contribution in [-0.2, 0) is 0 Å². The molecule has 0 bridgehead atoms. The van der Waals surface area contributed by atoms with Crippen molar-refractivity contribution in [3.63, 3.8) is 0 Å². The van der Waals surface area contributed by atoms with E-state index in [-0.39, 0.29) is 0 Å². The lowest BCUT2D eigenvalue weighted by molar-refractivity contribution is 0.340. The third-order valence-electron chi connectivity index (χ3n) is 2.34. The number of rotatable bonds is 6. The predicted molar refractivity (Wildman–Crippen MR) is 69.1 cm³/mol. The van der Waals surface area contributed by atoms with Crippen molar-refractivity contribution in [2.45, 2.75) is 20.3 Å². The summed E-state index contributed by atoms with van der Waals surface area (Å²) >= 11 is 0. The van der Waals surface area contributed by atoms with E-state index in [0.29, 0.717) is 6.61 Å². The minimum absolute atomic E-state index is 0.587. The fraction of sp³-hybridized carbons (Fsp3) is 0.429. The van der Waals surface area contributed by atoms with Crippen LogP contribution in [0.5, 0.6) is 17.2 Å². The van der Waals surface area contributed by atoms with Crippen LogP contribution in [0.3, 0.4) is 0 Å². The molecule has 0 atom stereocenters. The Balaban J connectivity index is 2.73. The summed E-state index contributed by atoms with van der Waals surface area (Å²) in [6, 6.07) is 5.52. The van der Waals surface area contributed by atoms with E-state index in [2.05, 4.69) is 19.9 Å². The van der Waals surface area contributed by atoms with Crippen LogP contribution in [0, 0.1) is 0 Å². The summed E-state index contributed by atoms with van der Waals surface area (Å²) in [6.45, 7) is 4.75. The molecule has 1 aromatic rings. The van der Waals surface area contributed by atoms with Crippen LogP contribution in [0.15, 0.2) is 29.8 Å². The van der Waals surface area contributed by atoms with E-state index in [0.717, 1.165) is 23.7 Å². The average molecular weight is 236 g/mol. The van der Waals surface area contributed by atoms with Crippen LogP contribution in [-0.4, -0.2) is 20.8 Å². The van der Waals surface area contributed by atoms with Crippen LogP contribution < -0.4 is 14.2 Å². The molecular formula is C14H20O3. The molecule has 0 fully saturated rings. The van der Waals surface area contributed by atoms with E-state index in [4.69, 9.17) is 14.2 Å². The van der Waals surface area contributed by atoms with Gasteiger partial charge < -0.3 is 14.2 Å². The van der Waals surface area contributed by atoms with Gasteiger partial charge >= 0.3 is 0 Å². The molecule has 0 aliphatic heterocycles. The molecular weight excluding hydrogens is 216 g/mol. The fourth-order valence-corrected chi connectivity index (χ4v) is 1.47. The van der Waals surface area contributed by atoms with Gasteiger partial charge in [-0.15, -0.1) is 0 Å². The summed E-state index contributed by atoms with van der Waals surface area (Å²) in [6.07, 6.45) is 3.17. The Bertz CT molecular complexity index is 361. The molecule has 0 saturated heterocycles. The lowest BCUT2D eigenvalue weighted by atomic mass is 10.2. The number of hydrogen-bond acceptors (Lipinski definition) is 3. The first-order valence-corrected chi connectivity index (χ1v) is 5.71. The summed E-state index contributed by atoms with van der Waals surface area (Å²) in [5.74, 6) is 2.22. The lowest BCUT2D eigenvalue weighted by Crippen LogP contribution is -1.99. The highest BCUT2D eigenvalue weighted by Gasteiger charge is 2.02. The second-order valence-corrected chi connectivity index (χ2v) is 3.80. The first-order valence-electron chi connectivity index (χ1n) is 5.71. The Kier molecular flexibility index (Phi) is 5.40. The molecule has 17 heavy (non-hydrogen) atoms. The molecule has 0 saturated carbocycles. The molecule has 3 nitrogen and oxygen atoms in total. The smallest absolute Gasteiger partial charge is 0.127 e. The number of benzene rings is 1. The van der Waals surface area contributed by atoms with Crippen molar-refractivity contribution in [3.8, 4) is 17.2 Å². The van der Waals surface area contributed by atoms with Crippen molar-refractivity contribution in [3.05, 3.63) is 29.8 Å². The van der Waals surface area contributed by atoms with Gasteiger partial charge in [-0.25, -0.2) is 0 Å². The molecule has 94 valence electrons. The van der Waals surface area contributed by atoms with Crippen LogP contribution in [0.2, 0.25) is 0 Å². The molecule has 3 heteroatoms. The van der Waals surface area contributed by atoms with Crippen molar-refractivity contribution >= 4 is 0 Å². The molecule has 0 N–H and O–H groups in total. The first-order chi connectivity index (χ1) is 8.19. The zero-order chi connectivity index (χ0) is 12.7. The summed E-state index contributed by atoms with van der Waals surface area (Å²) in [4.78, 5) is 0. The maximum atomic E-state index is 5.68. The number of ether oxygens (including phenoxy) is 3. The van der Waals surface area contributed by atoms with E-state index in [1.807, 2.05) is 18.2 Å². The van der Waals surface area contributed by atoms with Gasteiger partial charge in [0.1, 0.15) is 23.9 Å². The summed E-state index contributed by atoms with van der Waals surface area (Å²) in [5.41, 5.74) is 1.22. The van der Waals surface area contributed by atoms with Crippen molar-refractivity contribution in [2.75, 3.05) is 20.8 Å². The van der Waals surface area contributed by atoms with Crippen molar-refractivity contribution in [2.24, 2.45) is 0 Å². The monoisotopic (exact) mass is 236 g/mol. The Morgan fingerprint density at radius 1 is 1.06 bits per heavy atom. The molecule has 0 aromatic heterocycles. The van der Waals surface area contributed by atoms with Gasteiger partial charge in [0.05, 0.1) is 14.2 Å². The van der Waals surface area contributed by atoms with Crippen LogP contribution in [0.25, 0.3) is 0 Å². The number of methoxy groups -OCH3 is 2. The normalized spacial score (nSPS) is 11.2. The Morgan fingerprint density at radius 3 is 2.06 bits per heavy atom. The summed E-state index contributed by atoms with van der Waals surface area (Å²) in [7, 11) is 3.25. The predicted octanol–water partition coefficient (Wildman–Crippen LogP) is 3.44. The Morgan fingerprint density at radius 2 is 1.59 bits per heavy atom. The highest BCUT2D eigenvalue weighted by Crippen LogP contribution is 2.27. The van der Waals surface area contributed by atoms with Crippen LogP contribution in [0.4, 0.5) is 0 Å². The first kappa shape index (κ1) is 13.4. The molecule has 0 spiro atoms. The summed E-state index contributed by atoms with van der Waals surface area (Å²) in [5, 5.41) is 0. The van der Waals surface area contributed by atoms with Gasteiger partial charge in [-0.2, -0.15) is 0 Å². The van der Waals surface area contributed by atoms with Crippen LogP contribution in [0.1, 0.15) is 20.3 Å². The third kappa shape index (κ3) is 4.39. The van der Waals surface area contributed by atoms with Crippen molar-refractivity contribution < 1.29 is 14.2 Å². The zero-order valence-corrected chi connectivity index (χ0v) is 10.9. The topological polar surface area (TPSA) is 27.7 Å². The van der Waals surface area contributed by atoms with Crippen molar-refractivity contribution in [1.29, 1.82) is 0 Å². The third-order valence-corrected chi connectivity index (χ3v) is 2.34. The standard InChI is InChI=1S/C14H20O3/c1-5-6-11(2)10-17-14-8-12(15-3)7-13(9-14)16-4/h6-9H,5,10H2,1-4H3. The Labute approximate surface area is 103 Å². The second-order valence-electron chi connectivity index (χ2n) is 3.80. The fourth-order valence-electron chi connectivity index (χ4n) is 1.47.